The maximum Gasteiger partial charge on any atom is 0.351 e. The fourth-order valence-electron chi connectivity index (χ4n) is 0.367. The molecule has 0 heterocycles. The van der Waals surface area contributed by atoms with Gasteiger partial charge in [-0.05, 0) is 12.2 Å². The molecule has 0 aliphatic heterocycles. The molecule has 1 unspecified atom stereocenters. The van der Waals surface area contributed by atoms with Crippen LogP contribution >= 0.6 is 34.5 Å². The van der Waals surface area contributed by atoms with Crippen LogP contribution in [-0.2, 0) is 0 Å². The van der Waals surface area contributed by atoms with Crippen molar-refractivity contribution < 1.29 is 0 Å². The molecule has 0 saturated heterocycles. The topological polar surface area (TPSA) is 0 Å². The molecular weight excluding hydrogens is 165 g/mol. The maximum absolute atomic E-state index is 5.48. The summed E-state index contributed by atoms with van der Waals surface area (Å²) in [6.45, 7) is 2.02. The van der Waals surface area contributed by atoms with Crippen molar-refractivity contribution >= 4 is 40.1 Å². The molecule has 0 nitrogen and oxygen atoms in total. The van der Waals surface area contributed by atoms with Crippen molar-refractivity contribution in [1.82, 2.24) is 0 Å². The molecule has 0 bridgehead atoms. The van der Waals surface area contributed by atoms with Gasteiger partial charge in [-0.25, -0.2) is 0 Å². The van der Waals surface area contributed by atoms with Gasteiger partial charge in [0.15, 0.2) is 0 Å². The zero-order chi connectivity index (χ0) is 6.57. The fourth-order valence-corrected chi connectivity index (χ4v) is 1.10. The first-order valence-corrected chi connectivity index (χ1v) is 3.91. The van der Waals surface area contributed by atoms with E-state index in [1.165, 1.54) is 0 Å². The van der Waals surface area contributed by atoms with E-state index in [0.717, 1.165) is 6.32 Å². The standard InChI is InChI=1S/C4H8BCl3/c1-4(3-6)2-5(7)8/h4H,2-3H2,1H3. The molecule has 0 fully saturated rings. The summed E-state index contributed by atoms with van der Waals surface area (Å²) in [5.74, 6) is 1.06. The number of alkyl halides is 1. The quantitative estimate of drug-likeness (QED) is 0.455. The van der Waals surface area contributed by atoms with Crippen molar-refractivity contribution in [2.45, 2.75) is 13.2 Å². The average Bonchev–Trinajstić information content (AvgIpc) is 1.65. The summed E-state index contributed by atoms with van der Waals surface area (Å²) in [5.41, 5.74) is -0.260. The summed E-state index contributed by atoms with van der Waals surface area (Å²) in [6.07, 6.45) is 0.784. The first kappa shape index (κ1) is 8.93. The monoisotopic (exact) mass is 172 g/mol. The van der Waals surface area contributed by atoms with Gasteiger partial charge < -0.3 is 0 Å². The number of rotatable bonds is 3. The van der Waals surface area contributed by atoms with Gasteiger partial charge in [-0.2, -0.15) is 22.9 Å². The van der Waals surface area contributed by atoms with Gasteiger partial charge in [0.05, 0.1) is 0 Å². The lowest BCUT2D eigenvalue weighted by Crippen LogP contribution is -2.02. The Hall–Kier alpha value is 0.935. The first-order chi connectivity index (χ1) is 3.66. The molecule has 0 N–H and O–H groups in total. The van der Waals surface area contributed by atoms with Crippen LogP contribution < -0.4 is 0 Å². The van der Waals surface area contributed by atoms with Gasteiger partial charge in [-0.1, -0.05) is 6.92 Å². The van der Waals surface area contributed by atoms with Crippen LogP contribution in [0.2, 0.25) is 6.32 Å². The van der Waals surface area contributed by atoms with Crippen molar-refractivity contribution in [3.63, 3.8) is 0 Å². The normalized spacial score (nSPS) is 13.5. The Bertz CT molecular complexity index is 57.2. The summed E-state index contributed by atoms with van der Waals surface area (Å²) in [4.78, 5) is 0. The van der Waals surface area contributed by atoms with Gasteiger partial charge in [-0.3, -0.25) is 0 Å². The zero-order valence-electron chi connectivity index (χ0n) is 4.70. The van der Waals surface area contributed by atoms with E-state index in [1.54, 1.807) is 0 Å². The number of hydrogen-bond acceptors (Lipinski definition) is 0. The lowest BCUT2D eigenvalue weighted by atomic mass is 9.91. The number of halogens is 3. The minimum absolute atomic E-state index is 0.260. The van der Waals surface area contributed by atoms with Gasteiger partial charge in [0.25, 0.3) is 0 Å². The van der Waals surface area contributed by atoms with Crippen LogP contribution in [0, 0.1) is 5.92 Å². The van der Waals surface area contributed by atoms with Crippen LogP contribution in [-0.4, -0.2) is 11.4 Å². The molecule has 0 rings (SSSR count). The molecule has 0 spiro atoms. The summed E-state index contributed by atoms with van der Waals surface area (Å²) < 4.78 is 0. The van der Waals surface area contributed by atoms with Crippen molar-refractivity contribution in [3.05, 3.63) is 0 Å². The van der Waals surface area contributed by atoms with Crippen molar-refractivity contribution in [2.75, 3.05) is 5.88 Å². The Kier molecular flexibility index (Phi) is 5.34. The third kappa shape index (κ3) is 5.08. The molecule has 0 radical (unpaired) electrons. The lowest BCUT2D eigenvalue weighted by Gasteiger charge is -2.02. The summed E-state index contributed by atoms with van der Waals surface area (Å²) in [6, 6.07) is 0. The molecule has 8 heavy (non-hydrogen) atoms. The second kappa shape index (κ2) is 4.78. The van der Waals surface area contributed by atoms with E-state index in [9.17, 15) is 0 Å². The molecule has 0 aromatic carbocycles. The van der Waals surface area contributed by atoms with E-state index in [1.807, 2.05) is 6.92 Å². The second-order valence-corrected chi connectivity index (χ2v) is 3.47. The van der Waals surface area contributed by atoms with Crippen LogP contribution in [0.15, 0.2) is 0 Å². The highest BCUT2D eigenvalue weighted by atomic mass is 35.5. The Morgan fingerprint density at radius 2 is 2.00 bits per heavy atom. The molecule has 0 aromatic rings. The second-order valence-electron chi connectivity index (χ2n) is 1.89. The Labute approximate surface area is 65.4 Å². The van der Waals surface area contributed by atoms with Crippen molar-refractivity contribution in [3.8, 4) is 0 Å². The summed E-state index contributed by atoms with van der Waals surface area (Å²) in [7, 11) is 0. The van der Waals surface area contributed by atoms with E-state index in [-0.39, 0.29) is 5.54 Å². The van der Waals surface area contributed by atoms with Crippen LogP contribution in [0.4, 0.5) is 0 Å². The Morgan fingerprint density at radius 3 is 2.12 bits per heavy atom. The fraction of sp³-hybridized carbons (Fsp3) is 1.00. The van der Waals surface area contributed by atoms with Crippen LogP contribution in [0.1, 0.15) is 6.92 Å². The molecule has 0 aliphatic carbocycles. The van der Waals surface area contributed by atoms with Crippen LogP contribution in [0.25, 0.3) is 0 Å². The highest BCUT2D eigenvalue weighted by Gasteiger charge is 2.09. The summed E-state index contributed by atoms with van der Waals surface area (Å²) in [5, 5.41) is 0. The van der Waals surface area contributed by atoms with Gasteiger partial charge in [0, 0.05) is 5.88 Å². The molecule has 0 aromatic heterocycles. The molecule has 0 saturated carbocycles. The van der Waals surface area contributed by atoms with Crippen molar-refractivity contribution in [2.24, 2.45) is 5.92 Å². The van der Waals surface area contributed by atoms with E-state index in [4.69, 9.17) is 34.5 Å². The zero-order valence-corrected chi connectivity index (χ0v) is 6.97. The Morgan fingerprint density at radius 1 is 1.50 bits per heavy atom. The molecule has 0 amide bonds. The third-order valence-electron chi connectivity index (χ3n) is 0.844. The SMILES string of the molecule is CC(CCl)CB(Cl)Cl. The minimum Gasteiger partial charge on any atom is -0.172 e. The van der Waals surface area contributed by atoms with Crippen molar-refractivity contribution in [1.29, 1.82) is 0 Å². The maximum atomic E-state index is 5.48. The average molecular weight is 173 g/mol. The minimum atomic E-state index is -0.260. The van der Waals surface area contributed by atoms with E-state index < -0.39 is 0 Å². The summed E-state index contributed by atoms with van der Waals surface area (Å²) >= 11 is 16.4. The van der Waals surface area contributed by atoms with Gasteiger partial charge in [0.2, 0.25) is 0 Å². The number of hydrogen-bond donors (Lipinski definition) is 0. The predicted octanol–water partition coefficient (Wildman–Crippen LogP) is 2.83. The predicted molar refractivity (Wildman–Crippen MR) is 42.2 cm³/mol. The third-order valence-corrected chi connectivity index (χ3v) is 1.73. The van der Waals surface area contributed by atoms with E-state index in [2.05, 4.69) is 0 Å². The highest BCUT2D eigenvalue weighted by molar-refractivity contribution is 7.33. The highest BCUT2D eigenvalue weighted by Crippen LogP contribution is 2.13. The van der Waals surface area contributed by atoms with Crippen LogP contribution in [0.3, 0.4) is 0 Å². The molecule has 1 atom stereocenters. The Balaban J connectivity index is 3.10. The van der Waals surface area contributed by atoms with E-state index >= 15 is 0 Å². The van der Waals surface area contributed by atoms with Gasteiger partial charge >= 0.3 is 5.54 Å². The largest absolute Gasteiger partial charge is 0.351 e. The molecule has 0 aliphatic rings. The lowest BCUT2D eigenvalue weighted by molar-refractivity contribution is 0.741. The van der Waals surface area contributed by atoms with E-state index in [0.29, 0.717) is 11.8 Å². The van der Waals surface area contributed by atoms with Crippen LogP contribution in [0.5, 0.6) is 0 Å². The molecular formula is C4H8BCl3. The smallest absolute Gasteiger partial charge is 0.172 e. The van der Waals surface area contributed by atoms with Gasteiger partial charge in [0.1, 0.15) is 0 Å². The molecule has 4 heteroatoms. The molecule has 48 valence electrons. The first-order valence-electron chi connectivity index (χ1n) is 2.51. The van der Waals surface area contributed by atoms with Gasteiger partial charge in [-0.15, -0.1) is 11.6 Å².